The summed E-state index contributed by atoms with van der Waals surface area (Å²) in [4.78, 5) is 29.5. The number of nitrogens with zero attached hydrogens (tertiary/aromatic N) is 2. The highest BCUT2D eigenvalue weighted by Gasteiger charge is 2.06. The lowest BCUT2D eigenvalue weighted by atomic mass is 10.1. The van der Waals surface area contributed by atoms with Gasteiger partial charge in [0.1, 0.15) is 5.82 Å². The van der Waals surface area contributed by atoms with Crippen LogP contribution in [-0.4, -0.2) is 48.8 Å². The molecule has 6 nitrogen and oxygen atoms in total. The molecular weight excluding hydrogens is 304 g/mol. The van der Waals surface area contributed by atoms with Gasteiger partial charge in [-0.2, -0.15) is 0 Å². The van der Waals surface area contributed by atoms with Crippen LogP contribution in [0.4, 0.5) is 11.5 Å². The van der Waals surface area contributed by atoms with Crippen molar-refractivity contribution >= 4 is 23.2 Å². The van der Waals surface area contributed by atoms with Gasteiger partial charge in [0.05, 0.1) is 5.56 Å². The van der Waals surface area contributed by atoms with Gasteiger partial charge in [0.2, 0.25) is 0 Å². The van der Waals surface area contributed by atoms with E-state index < -0.39 is 0 Å². The smallest absolute Gasteiger partial charge is 0.252 e. The second-order valence-electron chi connectivity index (χ2n) is 5.75. The quantitative estimate of drug-likeness (QED) is 0.764. The minimum atomic E-state index is -0.137. The van der Waals surface area contributed by atoms with Crippen LogP contribution in [0, 0.1) is 0 Å². The molecule has 1 heterocycles. The van der Waals surface area contributed by atoms with Gasteiger partial charge in [0, 0.05) is 30.5 Å². The molecule has 0 aliphatic rings. The van der Waals surface area contributed by atoms with E-state index in [1.807, 2.05) is 31.1 Å². The van der Waals surface area contributed by atoms with Crippen LogP contribution in [0.2, 0.25) is 0 Å². The largest absolute Gasteiger partial charge is 0.351 e. The monoisotopic (exact) mass is 326 g/mol. The number of ketones is 1. The van der Waals surface area contributed by atoms with E-state index in [-0.39, 0.29) is 11.7 Å². The number of carbonyl (C=O) groups is 2. The van der Waals surface area contributed by atoms with E-state index in [2.05, 4.69) is 15.6 Å². The number of rotatable bonds is 7. The molecule has 0 unspecified atom stereocenters. The van der Waals surface area contributed by atoms with Crippen LogP contribution in [-0.2, 0) is 0 Å². The van der Waals surface area contributed by atoms with E-state index in [1.54, 1.807) is 24.3 Å². The van der Waals surface area contributed by atoms with Crippen LogP contribution in [0.3, 0.4) is 0 Å². The average molecular weight is 326 g/mol. The number of benzene rings is 1. The Labute approximate surface area is 141 Å². The van der Waals surface area contributed by atoms with Gasteiger partial charge in [-0.3, -0.25) is 9.59 Å². The molecule has 1 aromatic carbocycles. The number of hydrogen-bond acceptors (Lipinski definition) is 5. The van der Waals surface area contributed by atoms with Gasteiger partial charge in [-0.15, -0.1) is 0 Å². The molecule has 24 heavy (non-hydrogen) atoms. The Kier molecular flexibility index (Phi) is 6.03. The van der Waals surface area contributed by atoms with Crippen molar-refractivity contribution in [2.45, 2.75) is 6.92 Å². The maximum absolute atomic E-state index is 12.0. The van der Waals surface area contributed by atoms with Crippen molar-refractivity contribution in [1.82, 2.24) is 15.2 Å². The molecule has 0 radical (unpaired) electrons. The number of amides is 1. The molecule has 0 saturated carbocycles. The number of anilines is 2. The van der Waals surface area contributed by atoms with E-state index in [1.165, 1.54) is 13.1 Å². The summed E-state index contributed by atoms with van der Waals surface area (Å²) in [7, 11) is 3.91. The molecule has 0 saturated heterocycles. The number of aromatic nitrogens is 1. The summed E-state index contributed by atoms with van der Waals surface area (Å²) in [6, 6.07) is 10.6. The third-order valence-corrected chi connectivity index (χ3v) is 3.43. The number of carbonyl (C=O) groups excluding carboxylic acids is 2. The van der Waals surface area contributed by atoms with Crippen LogP contribution >= 0.6 is 0 Å². The van der Waals surface area contributed by atoms with E-state index >= 15 is 0 Å². The van der Waals surface area contributed by atoms with Gasteiger partial charge in [-0.25, -0.2) is 4.98 Å². The molecule has 0 aliphatic heterocycles. The first-order valence-corrected chi connectivity index (χ1v) is 7.72. The van der Waals surface area contributed by atoms with Crippen LogP contribution in [0.1, 0.15) is 27.6 Å². The van der Waals surface area contributed by atoms with E-state index in [4.69, 9.17) is 0 Å². The Bertz CT molecular complexity index is 694. The summed E-state index contributed by atoms with van der Waals surface area (Å²) in [6.45, 7) is 2.91. The molecule has 2 rings (SSSR count). The van der Waals surface area contributed by atoms with E-state index in [0.717, 1.165) is 12.2 Å². The number of nitrogens with one attached hydrogen (secondary N) is 2. The first-order valence-electron chi connectivity index (χ1n) is 7.72. The summed E-state index contributed by atoms with van der Waals surface area (Å²) in [5.74, 6) is 0.529. The molecule has 2 N–H and O–H groups in total. The Hall–Kier alpha value is -2.73. The minimum Gasteiger partial charge on any atom is -0.351 e. The fourth-order valence-electron chi connectivity index (χ4n) is 2.03. The van der Waals surface area contributed by atoms with Crippen LogP contribution in [0.25, 0.3) is 0 Å². The standard InChI is InChI=1S/C18H22N4O2/c1-13(23)14-4-7-16(8-5-14)21-17-9-6-15(12-20-17)18(24)19-10-11-22(2)3/h4-9,12H,10-11H2,1-3H3,(H,19,24)(H,20,21). The second-order valence-corrected chi connectivity index (χ2v) is 5.75. The van der Waals surface area contributed by atoms with Gasteiger partial charge in [-0.1, -0.05) is 0 Å². The van der Waals surface area contributed by atoms with Crippen molar-refractivity contribution in [3.63, 3.8) is 0 Å². The van der Waals surface area contributed by atoms with E-state index in [9.17, 15) is 9.59 Å². The molecule has 1 amide bonds. The molecule has 0 bridgehead atoms. The molecular formula is C18H22N4O2. The third kappa shape index (κ3) is 5.17. The van der Waals surface area contributed by atoms with Crippen LogP contribution < -0.4 is 10.6 Å². The van der Waals surface area contributed by atoms with Crippen LogP contribution in [0.15, 0.2) is 42.6 Å². The van der Waals surface area contributed by atoms with Gasteiger partial charge in [-0.05, 0) is 57.4 Å². The highest BCUT2D eigenvalue weighted by molar-refractivity contribution is 5.94. The third-order valence-electron chi connectivity index (χ3n) is 3.43. The fourth-order valence-corrected chi connectivity index (χ4v) is 2.03. The molecule has 0 aliphatic carbocycles. The predicted molar refractivity (Wildman–Crippen MR) is 94.9 cm³/mol. The van der Waals surface area contributed by atoms with Crippen molar-refractivity contribution in [3.05, 3.63) is 53.7 Å². The molecule has 1 aromatic heterocycles. The first-order chi connectivity index (χ1) is 11.5. The maximum atomic E-state index is 12.0. The summed E-state index contributed by atoms with van der Waals surface area (Å²) < 4.78 is 0. The summed E-state index contributed by atoms with van der Waals surface area (Å²) >= 11 is 0. The molecule has 2 aromatic rings. The summed E-state index contributed by atoms with van der Waals surface area (Å²) in [6.07, 6.45) is 1.54. The Balaban J connectivity index is 1.94. The van der Waals surface area contributed by atoms with Gasteiger partial charge >= 0.3 is 0 Å². The van der Waals surface area contributed by atoms with Crippen molar-refractivity contribution in [2.75, 3.05) is 32.5 Å². The highest BCUT2D eigenvalue weighted by atomic mass is 16.1. The zero-order valence-electron chi connectivity index (χ0n) is 14.2. The van der Waals surface area contributed by atoms with Gasteiger partial charge in [0.15, 0.2) is 5.78 Å². The predicted octanol–water partition coefficient (Wildman–Crippen LogP) is 2.32. The van der Waals surface area contributed by atoms with Crippen molar-refractivity contribution in [2.24, 2.45) is 0 Å². The zero-order chi connectivity index (χ0) is 17.5. The number of hydrogen-bond donors (Lipinski definition) is 2. The molecule has 0 atom stereocenters. The van der Waals surface area contributed by atoms with Crippen molar-refractivity contribution < 1.29 is 9.59 Å². The SMILES string of the molecule is CC(=O)c1ccc(Nc2ccc(C(=O)NCCN(C)C)cn2)cc1. The molecule has 126 valence electrons. The highest BCUT2D eigenvalue weighted by Crippen LogP contribution is 2.15. The molecule has 0 spiro atoms. The number of pyridine rings is 1. The number of Topliss-reactive ketones (excluding diaryl/α,β-unsaturated/α-hetero) is 1. The topological polar surface area (TPSA) is 74.3 Å². The first kappa shape index (κ1) is 17.6. The van der Waals surface area contributed by atoms with Gasteiger partial charge < -0.3 is 15.5 Å². The normalized spacial score (nSPS) is 10.5. The average Bonchev–Trinajstić information content (AvgIpc) is 2.55. The summed E-state index contributed by atoms with van der Waals surface area (Å²) in [5.41, 5.74) is 2.01. The lowest BCUT2D eigenvalue weighted by Gasteiger charge is -2.10. The van der Waals surface area contributed by atoms with E-state index in [0.29, 0.717) is 23.5 Å². The second kappa shape index (κ2) is 8.21. The zero-order valence-corrected chi connectivity index (χ0v) is 14.2. The fraction of sp³-hybridized carbons (Fsp3) is 0.278. The summed E-state index contributed by atoms with van der Waals surface area (Å²) in [5, 5.41) is 5.98. The van der Waals surface area contributed by atoms with Crippen molar-refractivity contribution in [1.29, 1.82) is 0 Å². The molecule has 0 fully saturated rings. The Morgan fingerprint density at radius 2 is 1.71 bits per heavy atom. The lowest BCUT2D eigenvalue weighted by molar-refractivity contribution is 0.0949. The Morgan fingerprint density at radius 1 is 1.04 bits per heavy atom. The van der Waals surface area contributed by atoms with Crippen LogP contribution in [0.5, 0.6) is 0 Å². The Morgan fingerprint density at radius 3 is 2.25 bits per heavy atom. The molecule has 6 heteroatoms. The number of likely N-dealkylation sites (N-methyl/N-ethyl adjacent to an activating group) is 1. The lowest BCUT2D eigenvalue weighted by Crippen LogP contribution is -2.31. The van der Waals surface area contributed by atoms with Crippen molar-refractivity contribution in [3.8, 4) is 0 Å². The van der Waals surface area contributed by atoms with Gasteiger partial charge in [0.25, 0.3) is 5.91 Å². The maximum Gasteiger partial charge on any atom is 0.252 e. The minimum absolute atomic E-state index is 0.0318.